The number of thiophene rings is 1. The molecule has 1 aliphatic heterocycles. The Morgan fingerprint density at radius 2 is 2.14 bits per heavy atom. The van der Waals surface area contributed by atoms with Crippen molar-refractivity contribution in [2.45, 2.75) is 25.4 Å². The first-order valence-corrected chi connectivity index (χ1v) is 7.83. The van der Waals surface area contributed by atoms with Gasteiger partial charge in [-0.3, -0.25) is 4.79 Å². The summed E-state index contributed by atoms with van der Waals surface area (Å²) < 4.78 is 7.27. The lowest BCUT2D eigenvalue weighted by Crippen LogP contribution is -2.36. The topological polar surface area (TPSA) is 60.3 Å². The molecule has 1 aliphatic rings. The number of carbonyl (C=O) groups is 2. The maximum absolute atomic E-state index is 12.3. The van der Waals surface area contributed by atoms with Crippen molar-refractivity contribution in [3.05, 3.63) is 40.8 Å². The number of nitrogens with one attached hydrogen (secondary N) is 1. The lowest BCUT2D eigenvalue weighted by molar-refractivity contribution is -0.129. The Bertz CT molecular complexity index is 633. The van der Waals surface area contributed by atoms with Crippen LogP contribution in [0.5, 0.6) is 0 Å². The van der Waals surface area contributed by atoms with Crippen molar-refractivity contribution < 1.29 is 14.3 Å². The van der Waals surface area contributed by atoms with Crippen molar-refractivity contribution in [3.8, 4) is 5.69 Å². The average molecular weight is 304 g/mol. The number of ether oxygens (including phenoxy) is 1. The van der Waals surface area contributed by atoms with Crippen molar-refractivity contribution in [3.63, 3.8) is 0 Å². The molecule has 5 nitrogen and oxygen atoms in total. The Morgan fingerprint density at radius 1 is 1.33 bits per heavy atom. The van der Waals surface area contributed by atoms with E-state index >= 15 is 0 Å². The minimum Gasteiger partial charge on any atom is -0.448 e. The Labute approximate surface area is 126 Å². The molecule has 0 radical (unpaired) electrons. The summed E-state index contributed by atoms with van der Waals surface area (Å²) in [5.41, 5.74) is 0.782. The highest BCUT2D eigenvalue weighted by Crippen LogP contribution is 2.23. The van der Waals surface area contributed by atoms with Crippen LogP contribution in [0.15, 0.2) is 36.0 Å². The molecule has 110 valence electrons. The lowest BCUT2D eigenvalue weighted by atomic mass is 10.2. The molecule has 0 bridgehead atoms. The van der Waals surface area contributed by atoms with Gasteiger partial charge in [0.25, 0.3) is 5.91 Å². The van der Waals surface area contributed by atoms with E-state index in [2.05, 4.69) is 5.32 Å². The third kappa shape index (κ3) is 3.00. The summed E-state index contributed by atoms with van der Waals surface area (Å²) in [5, 5.41) is 4.62. The van der Waals surface area contributed by atoms with Crippen LogP contribution in [0.3, 0.4) is 0 Å². The van der Waals surface area contributed by atoms with E-state index in [-0.39, 0.29) is 5.91 Å². The fourth-order valence-corrected chi connectivity index (χ4v) is 3.13. The van der Waals surface area contributed by atoms with E-state index in [0.29, 0.717) is 17.8 Å². The van der Waals surface area contributed by atoms with Crippen molar-refractivity contribution >= 4 is 23.2 Å². The van der Waals surface area contributed by atoms with Gasteiger partial charge in [-0.15, -0.1) is 11.3 Å². The first-order chi connectivity index (χ1) is 10.3. The summed E-state index contributed by atoms with van der Waals surface area (Å²) in [7, 11) is 0. The molecule has 3 heterocycles. The third-order valence-electron chi connectivity index (χ3n) is 3.45. The molecule has 1 atom stereocenters. The number of carbonyl (C=O) groups excluding carboxylic acids is 2. The molecule has 2 aromatic heterocycles. The minimum atomic E-state index is -0.681. The second-order valence-corrected chi connectivity index (χ2v) is 5.82. The highest BCUT2D eigenvalue weighted by molar-refractivity contribution is 7.12. The van der Waals surface area contributed by atoms with E-state index in [4.69, 9.17) is 4.74 Å². The Morgan fingerprint density at radius 3 is 2.95 bits per heavy atom. The summed E-state index contributed by atoms with van der Waals surface area (Å²) in [4.78, 5) is 24.7. The van der Waals surface area contributed by atoms with Gasteiger partial charge in [0.2, 0.25) is 0 Å². The SMILES string of the molecule is O=C(OC1CCCCNC1=O)c1sccc1-n1cccc1. The molecule has 6 heteroatoms. The first kappa shape index (κ1) is 13.9. The zero-order chi connectivity index (χ0) is 14.7. The van der Waals surface area contributed by atoms with Crippen molar-refractivity contribution in [2.75, 3.05) is 6.54 Å². The van der Waals surface area contributed by atoms with Gasteiger partial charge in [0.1, 0.15) is 4.88 Å². The fourth-order valence-electron chi connectivity index (χ4n) is 2.36. The predicted molar refractivity (Wildman–Crippen MR) is 79.7 cm³/mol. The van der Waals surface area contributed by atoms with E-state index in [1.165, 1.54) is 11.3 Å². The van der Waals surface area contributed by atoms with E-state index < -0.39 is 12.1 Å². The fraction of sp³-hybridized carbons (Fsp3) is 0.333. The second kappa shape index (κ2) is 6.13. The molecular formula is C15H16N2O3S. The summed E-state index contributed by atoms with van der Waals surface area (Å²) in [6.45, 7) is 0.653. The normalized spacial score (nSPS) is 18.9. The van der Waals surface area contributed by atoms with E-state index in [9.17, 15) is 9.59 Å². The monoisotopic (exact) mass is 304 g/mol. The Balaban J connectivity index is 1.77. The zero-order valence-corrected chi connectivity index (χ0v) is 12.3. The molecule has 21 heavy (non-hydrogen) atoms. The molecule has 0 saturated carbocycles. The smallest absolute Gasteiger partial charge is 0.351 e. The third-order valence-corrected chi connectivity index (χ3v) is 4.33. The Hall–Kier alpha value is -2.08. The van der Waals surface area contributed by atoms with Crippen LogP contribution in [0.4, 0.5) is 0 Å². The minimum absolute atomic E-state index is 0.195. The van der Waals surface area contributed by atoms with Crippen molar-refractivity contribution in [1.82, 2.24) is 9.88 Å². The highest BCUT2D eigenvalue weighted by atomic mass is 32.1. The molecule has 0 aromatic carbocycles. The number of aromatic nitrogens is 1. The number of nitrogens with zero attached hydrogens (tertiary/aromatic N) is 1. The molecule has 1 amide bonds. The van der Waals surface area contributed by atoms with Crippen LogP contribution >= 0.6 is 11.3 Å². The average Bonchev–Trinajstić information content (AvgIpc) is 3.12. The van der Waals surface area contributed by atoms with Gasteiger partial charge in [0.05, 0.1) is 5.69 Å². The van der Waals surface area contributed by atoms with Gasteiger partial charge in [0.15, 0.2) is 6.10 Å². The zero-order valence-electron chi connectivity index (χ0n) is 11.5. The number of esters is 1. The number of amides is 1. The number of hydrogen-bond acceptors (Lipinski definition) is 4. The van der Waals surface area contributed by atoms with Crippen LogP contribution in [0.25, 0.3) is 5.69 Å². The van der Waals surface area contributed by atoms with Crippen LogP contribution in [-0.4, -0.2) is 29.1 Å². The van der Waals surface area contributed by atoms with Crippen LogP contribution < -0.4 is 5.32 Å². The molecule has 1 N–H and O–H groups in total. The van der Waals surface area contributed by atoms with Crippen LogP contribution in [0, 0.1) is 0 Å². The summed E-state index contributed by atoms with van der Waals surface area (Å²) >= 11 is 1.32. The van der Waals surface area contributed by atoms with Crippen LogP contribution in [-0.2, 0) is 9.53 Å². The van der Waals surface area contributed by atoms with Crippen molar-refractivity contribution in [2.24, 2.45) is 0 Å². The van der Waals surface area contributed by atoms with Gasteiger partial charge in [-0.05, 0) is 42.8 Å². The molecule has 2 aromatic rings. The van der Waals surface area contributed by atoms with Gasteiger partial charge in [-0.2, -0.15) is 0 Å². The predicted octanol–water partition coefficient (Wildman–Crippen LogP) is 2.36. The maximum atomic E-state index is 12.3. The molecular weight excluding hydrogens is 288 g/mol. The number of hydrogen-bond donors (Lipinski definition) is 1. The molecule has 1 fully saturated rings. The second-order valence-electron chi connectivity index (χ2n) is 4.91. The van der Waals surface area contributed by atoms with Crippen molar-refractivity contribution in [1.29, 1.82) is 0 Å². The number of rotatable bonds is 3. The summed E-state index contributed by atoms with van der Waals surface area (Å²) in [6.07, 6.45) is 5.45. The van der Waals surface area contributed by atoms with Gasteiger partial charge in [-0.1, -0.05) is 0 Å². The summed E-state index contributed by atoms with van der Waals surface area (Å²) in [6, 6.07) is 5.66. The van der Waals surface area contributed by atoms with Gasteiger partial charge in [0, 0.05) is 18.9 Å². The van der Waals surface area contributed by atoms with Crippen LogP contribution in [0.1, 0.15) is 28.9 Å². The highest BCUT2D eigenvalue weighted by Gasteiger charge is 2.26. The maximum Gasteiger partial charge on any atom is 0.351 e. The van der Waals surface area contributed by atoms with Gasteiger partial charge >= 0.3 is 5.97 Å². The molecule has 1 unspecified atom stereocenters. The molecule has 0 aliphatic carbocycles. The Kier molecular flexibility index (Phi) is 4.06. The summed E-state index contributed by atoms with van der Waals surface area (Å²) in [5.74, 6) is -0.629. The van der Waals surface area contributed by atoms with Crippen LogP contribution in [0.2, 0.25) is 0 Å². The van der Waals surface area contributed by atoms with E-state index in [0.717, 1.165) is 18.5 Å². The van der Waals surface area contributed by atoms with E-state index in [1.54, 1.807) is 0 Å². The van der Waals surface area contributed by atoms with Gasteiger partial charge < -0.3 is 14.6 Å². The first-order valence-electron chi connectivity index (χ1n) is 6.95. The van der Waals surface area contributed by atoms with Gasteiger partial charge in [-0.25, -0.2) is 4.79 Å². The molecule has 1 saturated heterocycles. The molecule has 0 spiro atoms. The quantitative estimate of drug-likeness (QED) is 0.886. The largest absolute Gasteiger partial charge is 0.448 e. The lowest BCUT2D eigenvalue weighted by Gasteiger charge is -2.14. The standard InChI is InChI=1S/C15H16N2O3S/c18-14-12(5-1-2-7-16-14)20-15(19)13-11(6-10-21-13)17-8-3-4-9-17/h3-4,6,8-10,12H,1-2,5,7H2,(H,16,18). The van der Waals surface area contributed by atoms with E-state index in [1.807, 2.05) is 40.5 Å². The molecule has 3 rings (SSSR count).